The maximum atomic E-state index is 10.1. The molecule has 102 valence electrons. The predicted molar refractivity (Wildman–Crippen MR) is 79.9 cm³/mol. The minimum atomic E-state index is 0.287. The fourth-order valence-electron chi connectivity index (χ4n) is 2.38. The Labute approximate surface area is 117 Å². The number of phenols is 1. The second kappa shape index (κ2) is 4.67. The molecule has 2 aromatic carbocycles. The van der Waals surface area contributed by atoms with Gasteiger partial charge in [-0.3, -0.25) is 0 Å². The van der Waals surface area contributed by atoms with E-state index in [0.717, 1.165) is 27.8 Å². The zero-order valence-electron chi connectivity index (χ0n) is 11.8. The van der Waals surface area contributed by atoms with E-state index in [1.807, 2.05) is 37.3 Å². The molecule has 1 heterocycles. The zero-order chi connectivity index (χ0) is 14.3. The third-order valence-electron chi connectivity index (χ3n) is 3.51. The first-order valence-electron chi connectivity index (χ1n) is 6.75. The van der Waals surface area contributed by atoms with Gasteiger partial charge >= 0.3 is 0 Å². The molecule has 0 saturated heterocycles. The summed E-state index contributed by atoms with van der Waals surface area (Å²) in [6.45, 7) is 6.10. The highest BCUT2D eigenvalue weighted by Gasteiger charge is 2.12. The van der Waals surface area contributed by atoms with Crippen LogP contribution < -0.4 is 0 Å². The van der Waals surface area contributed by atoms with E-state index >= 15 is 0 Å². The van der Waals surface area contributed by atoms with Gasteiger partial charge in [-0.2, -0.15) is 0 Å². The van der Waals surface area contributed by atoms with Gasteiger partial charge in [-0.05, 0) is 42.2 Å². The molecule has 0 saturated carbocycles. The monoisotopic (exact) mass is 267 g/mol. The molecule has 1 N–H and O–H groups in total. The van der Waals surface area contributed by atoms with E-state index in [4.69, 9.17) is 4.42 Å². The first-order valence-corrected chi connectivity index (χ1v) is 6.75. The molecule has 20 heavy (non-hydrogen) atoms. The maximum Gasteiger partial charge on any atom is 0.227 e. The average Bonchev–Trinajstić information content (AvgIpc) is 2.83. The summed E-state index contributed by atoms with van der Waals surface area (Å²) < 4.78 is 5.82. The Kier molecular flexibility index (Phi) is 2.97. The molecule has 0 unspecified atom stereocenters. The van der Waals surface area contributed by atoms with Gasteiger partial charge in [0.05, 0.1) is 0 Å². The van der Waals surface area contributed by atoms with E-state index in [-0.39, 0.29) is 11.7 Å². The SMILES string of the molecule is Cc1cccc2nc(-c3ccc(C(C)C)c(O)c3)oc12. The molecular weight excluding hydrogens is 250 g/mol. The third-order valence-corrected chi connectivity index (χ3v) is 3.51. The second-order valence-corrected chi connectivity index (χ2v) is 5.37. The smallest absolute Gasteiger partial charge is 0.227 e. The average molecular weight is 267 g/mol. The molecule has 0 spiro atoms. The first kappa shape index (κ1) is 12.7. The summed E-state index contributed by atoms with van der Waals surface area (Å²) in [7, 11) is 0. The molecule has 3 nitrogen and oxygen atoms in total. The largest absolute Gasteiger partial charge is 0.508 e. The molecular formula is C17H17NO2. The molecule has 0 fully saturated rings. The Morgan fingerprint density at radius 2 is 1.95 bits per heavy atom. The lowest BCUT2D eigenvalue weighted by Gasteiger charge is -2.08. The molecule has 0 aliphatic carbocycles. The number of oxazole rings is 1. The van der Waals surface area contributed by atoms with Crippen LogP contribution in [-0.2, 0) is 0 Å². The number of nitrogens with zero attached hydrogens (tertiary/aromatic N) is 1. The van der Waals surface area contributed by atoms with Crippen LogP contribution in [0.1, 0.15) is 30.9 Å². The van der Waals surface area contributed by atoms with Crippen molar-refractivity contribution in [2.45, 2.75) is 26.7 Å². The minimum absolute atomic E-state index is 0.287. The number of phenolic OH excluding ortho intramolecular Hbond substituents is 1. The lowest BCUT2D eigenvalue weighted by Crippen LogP contribution is -1.88. The Hall–Kier alpha value is -2.29. The van der Waals surface area contributed by atoms with Crippen molar-refractivity contribution in [3.05, 3.63) is 47.5 Å². The van der Waals surface area contributed by atoms with Crippen LogP contribution in [0.25, 0.3) is 22.6 Å². The van der Waals surface area contributed by atoms with Crippen LogP contribution in [0.2, 0.25) is 0 Å². The van der Waals surface area contributed by atoms with E-state index in [0.29, 0.717) is 5.89 Å². The minimum Gasteiger partial charge on any atom is -0.508 e. The summed E-state index contributed by atoms with van der Waals surface area (Å²) in [6, 6.07) is 11.5. The molecule has 0 bridgehead atoms. The van der Waals surface area contributed by atoms with Crippen molar-refractivity contribution in [3.63, 3.8) is 0 Å². The van der Waals surface area contributed by atoms with Crippen molar-refractivity contribution in [3.8, 4) is 17.2 Å². The zero-order valence-corrected chi connectivity index (χ0v) is 11.8. The predicted octanol–water partition coefficient (Wildman–Crippen LogP) is 4.63. The highest BCUT2D eigenvalue weighted by atomic mass is 16.3. The highest BCUT2D eigenvalue weighted by molar-refractivity contribution is 5.79. The second-order valence-electron chi connectivity index (χ2n) is 5.37. The summed E-state index contributed by atoms with van der Waals surface area (Å²) >= 11 is 0. The van der Waals surface area contributed by atoms with Gasteiger partial charge in [0.1, 0.15) is 11.3 Å². The summed E-state index contributed by atoms with van der Waals surface area (Å²) in [5, 5.41) is 10.1. The summed E-state index contributed by atoms with van der Waals surface area (Å²) in [4.78, 5) is 4.48. The van der Waals surface area contributed by atoms with Gasteiger partial charge in [0, 0.05) is 5.56 Å². The van der Waals surface area contributed by atoms with Gasteiger partial charge in [0.15, 0.2) is 5.58 Å². The van der Waals surface area contributed by atoms with E-state index in [1.54, 1.807) is 6.07 Å². The molecule has 1 aromatic heterocycles. The number of hydrogen-bond donors (Lipinski definition) is 1. The highest BCUT2D eigenvalue weighted by Crippen LogP contribution is 2.32. The molecule has 0 amide bonds. The summed E-state index contributed by atoms with van der Waals surface area (Å²) in [6.07, 6.45) is 0. The molecule has 0 radical (unpaired) electrons. The number of rotatable bonds is 2. The number of benzene rings is 2. The van der Waals surface area contributed by atoms with Crippen LogP contribution in [0, 0.1) is 6.92 Å². The maximum absolute atomic E-state index is 10.1. The first-order chi connectivity index (χ1) is 9.56. The van der Waals surface area contributed by atoms with Gasteiger partial charge in [-0.1, -0.05) is 32.0 Å². The van der Waals surface area contributed by atoms with Gasteiger partial charge in [0.2, 0.25) is 5.89 Å². The van der Waals surface area contributed by atoms with Crippen LogP contribution in [-0.4, -0.2) is 10.1 Å². The quantitative estimate of drug-likeness (QED) is 0.736. The van der Waals surface area contributed by atoms with Crippen molar-refractivity contribution >= 4 is 11.1 Å². The molecule has 3 heteroatoms. The van der Waals surface area contributed by atoms with Gasteiger partial charge in [-0.25, -0.2) is 4.98 Å². The van der Waals surface area contributed by atoms with Crippen molar-refractivity contribution in [2.75, 3.05) is 0 Å². The van der Waals surface area contributed by atoms with Crippen LogP contribution in [0.5, 0.6) is 5.75 Å². The van der Waals surface area contributed by atoms with E-state index in [1.165, 1.54) is 0 Å². The van der Waals surface area contributed by atoms with Gasteiger partial charge in [0.25, 0.3) is 0 Å². The molecule has 3 aromatic rings. The molecule has 0 aliphatic rings. The number of aryl methyl sites for hydroxylation is 1. The third kappa shape index (κ3) is 2.05. The van der Waals surface area contributed by atoms with Crippen LogP contribution in [0.4, 0.5) is 0 Å². The van der Waals surface area contributed by atoms with Crippen molar-refractivity contribution in [1.29, 1.82) is 0 Å². The molecule has 0 aliphatic heterocycles. The van der Waals surface area contributed by atoms with E-state index < -0.39 is 0 Å². The Balaban J connectivity index is 2.11. The number of para-hydroxylation sites is 1. The summed E-state index contributed by atoms with van der Waals surface area (Å²) in [5.41, 5.74) is 4.43. The molecule has 0 atom stereocenters. The topological polar surface area (TPSA) is 46.3 Å². The van der Waals surface area contributed by atoms with Crippen molar-refractivity contribution < 1.29 is 9.52 Å². The lowest BCUT2D eigenvalue weighted by molar-refractivity contribution is 0.464. The Bertz CT molecular complexity index is 772. The lowest BCUT2D eigenvalue weighted by atomic mass is 10.0. The number of aromatic nitrogens is 1. The standard InChI is InChI=1S/C17H17NO2/c1-10(2)13-8-7-12(9-15(13)19)17-18-14-6-4-5-11(3)16(14)20-17/h4-10,19H,1-3H3. The Morgan fingerprint density at radius 3 is 2.60 bits per heavy atom. The Morgan fingerprint density at radius 1 is 1.15 bits per heavy atom. The van der Waals surface area contributed by atoms with Crippen LogP contribution in [0.3, 0.4) is 0 Å². The van der Waals surface area contributed by atoms with Gasteiger partial charge < -0.3 is 9.52 Å². The van der Waals surface area contributed by atoms with Crippen molar-refractivity contribution in [1.82, 2.24) is 4.98 Å². The van der Waals surface area contributed by atoms with Crippen LogP contribution >= 0.6 is 0 Å². The fraction of sp³-hybridized carbons (Fsp3) is 0.235. The van der Waals surface area contributed by atoms with E-state index in [9.17, 15) is 5.11 Å². The number of aromatic hydroxyl groups is 1. The van der Waals surface area contributed by atoms with Crippen molar-refractivity contribution in [2.24, 2.45) is 0 Å². The fourth-order valence-corrected chi connectivity index (χ4v) is 2.38. The normalized spacial score (nSPS) is 11.4. The van der Waals surface area contributed by atoms with Gasteiger partial charge in [-0.15, -0.1) is 0 Å². The number of fused-ring (bicyclic) bond motifs is 1. The van der Waals surface area contributed by atoms with Crippen LogP contribution in [0.15, 0.2) is 40.8 Å². The van der Waals surface area contributed by atoms with E-state index in [2.05, 4.69) is 18.8 Å². The molecule has 3 rings (SSSR count). The number of hydrogen-bond acceptors (Lipinski definition) is 3. The summed E-state index contributed by atoms with van der Waals surface area (Å²) in [5.74, 6) is 1.12.